The fraction of sp³-hybridized carbons (Fsp3) is 0.130. The first-order chi connectivity index (χ1) is 15.8. The van der Waals surface area contributed by atoms with Gasteiger partial charge in [0.2, 0.25) is 5.78 Å². The van der Waals surface area contributed by atoms with Crippen molar-refractivity contribution in [2.75, 3.05) is 4.72 Å². The van der Waals surface area contributed by atoms with Crippen molar-refractivity contribution in [3.63, 3.8) is 0 Å². The van der Waals surface area contributed by atoms with E-state index in [1.807, 2.05) is 13.8 Å². The summed E-state index contributed by atoms with van der Waals surface area (Å²) in [4.78, 5) is 19.8. The molecule has 0 fully saturated rings. The van der Waals surface area contributed by atoms with E-state index >= 15 is 4.39 Å². The Balaban J connectivity index is 0.00000149. The van der Waals surface area contributed by atoms with Crippen LogP contribution in [0.25, 0.3) is 11.0 Å². The van der Waals surface area contributed by atoms with Gasteiger partial charge in [-0.1, -0.05) is 25.4 Å². The number of carbonyl (C=O) groups excluding carboxylic acids is 1. The Morgan fingerprint density at radius 1 is 1.09 bits per heavy atom. The molecule has 0 amide bonds. The molecule has 10 heteroatoms. The van der Waals surface area contributed by atoms with Gasteiger partial charge in [-0.15, -0.1) is 0 Å². The maximum atomic E-state index is 15.1. The second-order valence-corrected chi connectivity index (χ2v) is 7.80. The molecule has 0 spiro atoms. The van der Waals surface area contributed by atoms with Crippen molar-refractivity contribution >= 4 is 46.1 Å². The topological polar surface area (TPSA) is 57.8 Å². The molecule has 2 aromatic heterocycles. The molecule has 0 unspecified atom stereocenters. The number of aryl methyl sites for hydroxylation is 1. The third kappa shape index (κ3) is 4.84. The van der Waals surface area contributed by atoms with E-state index in [0.29, 0.717) is 33.6 Å². The molecular weight excluding hydrogens is 478 g/mol. The van der Waals surface area contributed by atoms with Crippen LogP contribution in [0.5, 0.6) is 0 Å². The van der Waals surface area contributed by atoms with Crippen LogP contribution in [0.2, 0.25) is 5.02 Å². The van der Waals surface area contributed by atoms with Gasteiger partial charge >= 0.3 is 0 Å². The Hall–Kier alpha value is -3.04. The minimum atomic E-state index is -1.17. The van der Waals surface area contributed by atoms with Gasteiger partial charge in [-0.3, -0.25) is 4.79 Å². The van der Waals surface area contributed by atoms with Crippen LogP contribution in [0.3, 0.4) is 0 Å². The predicted molar refractivity (Wildman–Crippen MR) is 123 cm³/mol. The molecule has 4 aromatic rings. The molecule has 2 heterocycles. The summed E-state index contributed by atoms with van der Waals surface area (Å²) in [7, 11) is 0. The number of nitrogens with one attached hydrogen (secondary N) is 2. The first-order valence-electron chi connectivity index (χ1n) is 9.80. The number of aromatic nitrogens is 2. The molecular formula is C23H18ClF4N3OS. The van der Waals surface area contributed by atoms with E-state index in [1.54, 1.807) is 6.92 Å². The molecule has 172 valence electrons. The first-order valence-corrected chi connectivity index (χ1v) is 11.0. The summed E-state index contributed by atoms with van der Waals surface area (Å²) in [6.45, 7) is 5.66. The number of nitrogens with zero attached hydrogens (tertiary/aromatic N) is 1. The Bertz CT molecular complexity index is 1340. The van der Waals surface area contributed by atoms with E-state index in [2.05, 4.69) is 14.7 Å². The number of aromatic amines is 1. The lowest BCUT2D eigenvalue weighted by Gasteiger charge is -2.11. The number of hydrogen-bond donors (Lipinski definition) is 2. The molecule has 0 bridgehead atoms. The molecule has 0 aliphatic carbocycles. The quantitative estimate of drug-likeness (QED) is 0.171. The first kappa shape index (κ1) is 24.6. The zero-order valence-electron chi connectivity index (χ0n) is 17.7. The zero-order valence-corrected chi connectivity index (χ0v) is 19.3. The average molecular weight is 496 g/mol. The highest BCUT2D eigenvalue weighted by molar-refractivity contribution is 8.00. The van der Waals surface area contributed by atoms with Crippen LogP contribution < -0.4 is 4.72 Å². The molecule has 0 saturated carbocycles. The maximum absolute atomic E-state index is 15.1. The highest BCUT2D eigenvalue weighted by Crippen LogP contribution is 2.32. The van der Waals surface area contributed by atoms with E-state index in [0.717, 1.165) is 30.3 Å². The van der Waals surface area contributed by atoms with E-state index < -0.39 is 34.6 Å². The molecule has 33 heavy (non-hydrogen) atoms. The lowest BCUT2D eigenvalue weighted by molar-refractivity contribution is 0.103. The van der Waals surface area contributed by atoms with Crippen LogP contribution in [0.4, 0.5) is 23.2 Å². The number of ketones is 1. The fourth-order valence-corrected chi connectivity index (χ4v) is 3.91. The second-order valence-electron chi connectivity index (χ2n) is 6.55. The molecule has 0 aliphatic heterocycles. The molecule has 0 radical (unpaired) electrons. The summed E-state index contributed by atoms with van der Waals surface area (Å²) in [5.74, 6) is -4.56. The summed E-state index contributed by atoms with van der Waals surface area (Å²) in [5.41, 5.74) is -0.195. The minimum absolute atomic E-state index is 0.00118. The number of H-pyrrole nitrogens is 1. The van der Waals surface area contributed by atoms with E-state index in [4.69, 9.17) is 11.6 Å². The molecule has 2 N–H and O–H groups in total. The number of halogens is 5. The van der Waals surface area contributed by atoms with Crippen molar-refractivity contribution in [2.24, 2.45) is 0 Å². The number of anilines is 1. The SMILES string of the molecule is CC.Cc1c(Cl)cnc2[nH]cc(C(=O)c3c(F)ccc(NSc4cc(F)ccc4F)c3F)c12. The molecule has 0 atom stereocenters. The number of fused-ring (bicyclic) bond motifs is 1. The van der Waals surface area contributed by atoms with Crippen LogP contribution >= 0.6 is 23.5 Å². The molecule has 0 saturated heterocycles. The van der Waals surface area contributed by atoms with E-state index in [1.165, 1.54) is 12.4 Å². The standard InChI is InChI=1S/C21H12ClF4N3OS.C2H6/c1-9-12(22)8-28-21-17(9)11(7-27-21)20(30)18-14(25)4-5-15(19(18)26)29-31-16-6-10(23)2-3-13(16)24;1-2/h2-8,29H,1H3,(H,27,28);1-2H3. The predicted octanol–water partition coefficient (Wildman–Crippen LogP) is 7.46. The number of rotatable bonds is 5. The third-order valence-corrected chi connectivity index (χ3v) is 5.86. The van der Waals surface area contributed by atoms with Crippen molar-refractivity contribution in [3.05, 3.63) is 87.7 Å². The van der Waals surface area contributed by atoms with Crippen LogP contribution in [0, 0.1) is 30.2 Å². The Kier molecular flexibility index (Phi) is 7.65. The Morgan fingerprint density at radius 3 is 2.52 bits per heavy atom. The Labute approximate surface area is 196 Å². The van der Waals surface area contributed by atoms with Gasteiger partial charge < -0.3 is 9.71 Å². The zero-order chi connectivity index (χ0) is 24.3. The minimum Gasteiger partial charge on any atom is -0.345 e. The van der Waals surface area contributed by atoms with Crippen LogP contribution in [0.1, 0.15) is 35.3 Å². The van der Waals surface area contributed by atoms with Gasteiger partial charge in [0.15, 0.2) is 5.82 Å². The summed E-state index contributed by atoms with van der Waals surface area (Å²) in [6, 6.07) is 4.76. The van der Waals surface area contributed by atoms with Crippen molar-refractivity contribution in [1.82, 2.24) is 9.97 Å². The number of hydrogen-bond acceptors (Lipinski definition) is 4. The van der Waals surface area contributed by atoms with Gasteiger partial charge in [-0.05, 0) is 54.8 Å². The molecule has 0 aliphatic rings. The lowest BCUT2D eigenvalue weighted by atomic mass is 10.00. The highest BCUT2D eigenvalue weighted by atomic mass is 35.5. The maximum Gasteiger partial charge on any atom is 0.201 e. The van der Waals surface area contributed by atoms with Gasteiger partial charge in [-0.2, -0.15) is 0 Å². The van der Waals surface area contributed by atoms with Crippen molar-refractivity contribution in [2.45, 2.75) is 25.7 Å². The van der Waals surface area contributed by atoms with Gasteiger partial charge in [0.25, 0.3) is 0 Å². The third-order valence-electron chi connectivity index (χ3n) is 4.63. The van der Waals surface area contributed by atoms with Crippen molar-refractivity contribution in [3.8, 4) is 0 Å². The van der Waals surface area contributed by atoms with Gasteiger partial charge in [0.1, 0.15) is 23.1 Å². The van der Waals surface area contributed by atoms with Gasteiger partial charge in [0, 0.05) is 17.8 Å². The van der Waals surface area contributed by atoms with Crippen LogP contribution in [-0.2, 0) is 0 Å². The summed E-state index contributed by atoms with van der Waals surface area (Å²) < 4.78 is 59.2. The molecule has 2 aromatic carbocycles. The van der Waals surface area contributed by atoms with Gasteiger partial charge in [0.05, 0.1) is 26.7 Å². The normalized spacial score (nSPS) is 10.7. The molecule has 4 nitrogen and oxygen atoms in total. The van der Waals surface area contributed by atoms with Crippen LogP contribution in [-0.4, -0.2) is 15.8 Å². The summed E-state index contributed by atoms with van der Waals surface area (Å²) in [5, 5.41) is 0.650. The van der Waals surface area contributed by atoms with Gasteiger partial charge in [-0.25, -0.2) is 22.5 Å². The smallest absolute Gasteiger partial charge is 0.201 e. The van der Waals surface area contributed by atoms with Crippen molar-refractivity contribution in [1.29, 1.82) is 0 Å². The highest BCUT2D eigenvalue weighted by Gasteiger charge is 2.25. The summed E-state index contributed by atoms with van der Waals surface area (Å²) >= 11 is 6.66. The monoisotopic (exact) mass is 495 g/mol. The lowest BCUT2D eigenvalue weighted by Crippen LogP contribution is -2.09. The largest absolute Gasteiger partial charge is 0.345 e. The van der Waals surface area contributed by atoms with E-state index in [-0.39, 0.29) is 16.1 Å². The number of pyridine rings is 1. The molecule has 4 rings (SSSR count). The average Bonchev–Trinajstić information content (AvgIpc) is 3.24. The Morgan fingerprint density at radius 2 is 1.79 bits per heavy atom. The second kappa shape index (κ2) is 10.3. The number of benzene rings is 2. The van der Waals surface area contributed by atoms with Crippen LogP contribution in [0.15, 0.2) is 47.6 Å². The summed E-state index contributed by atoms with van der Waals surface area (Å²) in [6.07, 6.45) is 2.71. The number of carbonyl (C=O) groups is 1. The fourth-order valence-electron chi connectivity index (χ4n) is 3.05. The van der Waals surface area contributed by atoms with E-state index in [9.17, 15) is 18.0 Å². The van der Waals surface area contributed by atoms with Crippen molar-refractivity contribution < 1.29 is 22.4 Å².